The molecule has 28 heavy (non-hydrogen) atoms. The molecule has 0 radical (unpaired) electrons. The highest BCUT2D eigenvalue weighted by atomic mass is 16.1. The van der Waals surface area contributed by atoms with E-state index in [0.717, 1.165) is 16.8 Å². The SMILES string of the molecule is Cc1ccc(-c2ccc3nnc(CNC(=O)[C@@H](C)c4ccccc4)n3n2)cc1. The quantitative estimate of drug-likeness (QED) is 0.583. The molecule has 140 valence electrons. The molecule has 0 aliphatic carbocycles. The highest BCUT2D eigenvalue weighted by Crippen LogP contribution is 2.18. The minimum absolute atomic E-state index is 0.0577. The van der Waals surface area contributed by atoms with Crippen LogP contribution in [0.4, 0.5) is 0 Å². The third-order valence-corrected chi connectivity index (χ3v) is 4.79. The summed E-state index contributed by atoms with van der Waals surface area (Å²) in [6, 6.07) is 21.7. The summed E-state index contributed by atoms with van der Waals surface area (Å²) in [7, 11) is 0. The van der Waals surface area contributed by atoms with E-state index in [-0.39, 0.29) is 18.4 Å². The van der Waals surface area contributed by atoms with Crippen LogP contribution in [0.25, 0.3) is 16.9 Å². The zero-order valence-electron chi connectivity index (χ0n) is 15.8. The van der Waals surface area contributed by atoms with E-state index in [2.05, 4.69) is 39.7 Å². The van der Waals surface area contributed by atoms with Crippen LogP contribution >= 0.6 is 0 Å². The number of rotatable bonds is 5. The standard InChI is InChI=1S/C22H21N5O/c1-15-8-10-18(11-9-15)19-12-13-20-24-25-21(27(20)26-19)14-23-22(28)16(2)17-6-4-3-5-7-17/h3-13,16H,14H2,1-2H3,(H,23,28)/t16-/m0/s1. The molecule has 0 aliphatic heterocycles. The van der Waals surface area contributed by atoms with Crippen molar-refractivity contribution >= 4 is 11.6 Å². The maximum absolute atomic E-state index is 12.5. The predicted molar refractivity (Wildman–Crippen MR) is 108 cm³/mol. The summed E-state index contributed by atoms with van der Waals surface area (Å²) in [6.45, 7) is 4.21. The van der Waals surface area contributed by atoms with Crippen molar-refractivity contribution in [2.24, 2.45) is 0 Å². The first kappa shape index (κ1) is 17.9. The molecule has 6 heteroatoms. The van der Waals surface area contributed by atoms with Crippen molar-refractivity contribution in [2.75, 3.05) is 0 Å². The number of benzene rings is 2. The van der Waals surface area contributed by atoms with Crippen molar-refractivity contribution < 1.29 is 4.79 Å². The Morgan fingerprint density at radius 2 is 1.75 bits per heavy atom. The lowest BCUT2D eigenvalue weighted by Crippen LogP contribution is -2.28. The van der Waals surface area contributed by atoms with E-state index in [4.69, 9.17) is 0 Å². The number of fused-ring (bicyclic) bond motifs is 1. The normalized spacial score (nSPS) is 12.1. The first-order chi connectivity index (χ1) is 13.6. The smallest absolute Gasteiger partial charge is 0.227 e. The van der Waals surface area contributed by atoms with E-state index in [1.807, 2.05) is 61.5 Å². The molecule has 0 spiro atoms. The molecule has 2 aromatic heterocycles. The number of nitrogens with zero attached hydrogens (tertiary/aromatic N) is 4. The predicted octanol–water partition coefficient (Wildman–Crippen LogP) is 3.52. The van der Waals surface area contributed by atoms with Gasteiger partial charge in [0, 0.05) is 5.56 Å². The van der Waals surface area contributed by atoms with Crippen LogP contribution in [0.5, 0.6) is 0 Å². The fourth-order valence-electron chi connectivity index (χ4n) is 3.03. The Morgan fingerprint density at radius 1 is 1.00 bits per heavy atom. The first-order valence-electron chi connectivity index (χ1n) is 9.23. The number of carbonyl (C=O) groups is 1. The monoisotopic (exact) mass is 371 g/mol. The Kier molecular flexibility index (Phi) is 4.85. The maximum Gasteiger partial charge on any atom is 0.227 e. The second kappa shape index (κ2) is 7.60. The van der Waals surface area contributed by atoms with Crippen LogP contribution < -0.4 is 5.32 Å². The largest absolute Gasteiger partial charge is 0.348 e. The Bertz CT molecular complexity index is 1100. The first-order valence-corrected chi connectivity index (χ1v) is 9.23. The van der Waals surface area contributed by atoms with Gasteiger partial charge in [0.25, 0.3) is 0 Å². The van der Waals surface area contributed by atoms with Crippen molar-refractivity contribution in [3.05, 3.63) is 83.7 Å². The Balaban J connectivity index is 1.53. The number of carbonyl (C=O) groups excluding carboxylic acids is 1. The number of aryl methyl sites for hydroxylation is 1. The summed E-state index contributed by atoms with van der Waals surface area (Å²) >= 11 is 0. The van der Waals surface area contributed by atoms with Gasteiger partial charge < -0.3 is 5.32 Å². The van der Waals surface area contributed by atoms with Crippen LogP contribution in [0, 0.1) is 6.92 Å². The van der Waals surface area contributed by atoms with Crippen LogP contribution in [0.1, 0.15) is 29.8 Å². The molecule has 4 aromatic rings. The summed E-state index contributed by atoms with van der Waals surface area (Å²) < 4.78 is 1.68. The Morgan fingerprint density at radius 3 is 2.50 bits per heavy atom. The molecule has 2 aromatic carbocycles. The van der Waals surface area contributed by atoms with Crippen molar-refractivity contribution in [3.8, 4) is 11.3 Å². The van der Waals surface area contributed by atoms with E-state index in [1.54, 1.807) is 4.52 Å². The topological polar surface area (TPSA) is 72.2 Å². The van der Waals surface area contributed by atoms with Crippen LogP contribution in [0.2, 0.25) is 0 Å². The van der Waals surface area contributed by atoms with Gasteiger partial charge in [-0.2, -0.15) is 9.61 Å². The summed E-state index contributed by atoms with van der Waals surface area (Å²) in [4.78, 5) is 12.5. The number of hydrogen-bond donors (Lipinski definition) is 1. The van der Waals surface area contributed by atoms with Gasteiger partial charge in [0.1, 0.15) is 0 Å². The van der Waals surface area contributed by atoms with Gasteiger partial charge in [0.05, 0.1) is 18.2 Å². The number of nitrogens with one attached hydrogen (secondary N) is 1. The molecule has 1 amide bonds. The van der Waals surface area contributed by atoms with Gasteiger partial charge in [-0.05, 0) is 31.5 Å². The lowest BCUT2D eigenvalue weighted by molar-refractivity contribution is -0.122. The summed E-state index contributed by atoms with van der Waals surface area (Å²) in [5.41, 5.74) is 4.68. The third kappa shape index (κ3) is 3.62. The number of hydrogen-bond acceptors (Lipinski definition) is 4. The fourth-order valence-corrected chi connectivity index (χ4v) is 3.03. The van der Waals surface area contributed by atoms with Crippen molar-refractivity contribution in [3.63, 3.8) is 0 Å². The second-order valence-corrected chi connectivity index (χ2v) is 6.82. The molecule has 1 atom stereocenters. The molecule has 2 heterocycles. The van der Waals surface area contributed by atoms with Gasteiger partial charge in [0.2, 0.25) is 5.91 Å². The molecule has 0 aliphatic rings. The summed E-state index contributed by atoms with van der Waals surface area (Å²) in [6.07, 6.45) is 0. The van der Waals surface area contributed by atoms with Crippen molar-refractivity contribution in [1.82, 2.24) is 25.1 Å². The molecule has 6 nitrogen and oxygen atoms in total. The van der Waals surface area contributed by atoms with E-state index >= 15 is 0 Å². The molecular formula is C22H21N5O. The fraction of sp³-hybridized carbons (Fsp3) is 0.182. The van der Waals surface area contributed by atoms with Gasteiger partial charge in [0.15, 0.2) is 11.5 Å². The van der Waals surface area contributed by atoms with Gasteiger partial charge in [-0.25, -0.2) is 0 Å². The minimum Gasteiger partial charge on any atom is -0.348 e. The number of amides is 1. The lowest BCUT2D eigenvalue weighted by atomic mass is 10.0. The van der Waals surface area contributed by atoms with E-state index in [0.29, 0.717) is 11.5 Å². The van der Waals surface area contributed by atoms with Crippen LogP contribution in [-0.4, -0.2) is 25.7 Å². The Labute approximate surface area is 163 Å². The molecule has 0 saturated heterocycles. The van der Waals surface area contributed by atoms with Crippen LogP contribution in [0.3, 0.4) is 0 Å². The third-order valence-electron chi connectivity index (χ3n) is 4.79. The van der Waals surface area contributed by atoms with Gasteiger partial charge in [-0.1, -0.05) is 60.2 Å². The lowest BCUT2D eigenvalue weighted by Gasteiger charge is -2.12. The van der Waals surface area contributed by atoms with Crippen molar-refractivity contribution in [2.45, 2.75) is 26.3 Å². The maximum atomic E-state index is 12.5. The van der Waals surface area contributed by atoms with Crippen LogP contribution in [0.15, 0.2) is 66.7 Å². The van der Waals surface area contributed by atoms with Crippen molar-refractivity contribution in [1.29, 1.82) is 0 Å². The van der Waals surface area contributed by atoms with Gasteiger partial charge in [-0.3, -0.25) is 4.79 Å². The average molecular weight is 371 g/mol. The van der Waals surface area contributed by atoms with Gasteiger partial charge >= 0.3 is 0 Å². The van der Waals surface area contributed by atoms with E-state index in [1.165, 1.54) is 5.56 Å². The molecular weight excluding hydrogens is 350 g/mol. The molecule has 0 unspecified atom stereocenters. The highest BCUT2D eigenvalue weighted by Gasteiger charge is 2.16. The zero-order valence-corrected chi connectivity index (χ0v) is 15.8. The molecule has 0 bridgehead atoms. The summed E-state index contributed by atoms with van der Waals surface area (Å²) in [5, 5.41) is 15.9. The molecule has 0 fully saturated rings. The number of aromatic nitrogens is 4. The molecule has 1 N–H and O–H groups in total. The average Bonchev–Trinajstić information content (AvgIpc) is 3.15. The Hall–Kier alpha value is -3.54. The van der Waals surface area contributed by atoms with E-state index < -0.39 is 0 Å². The second-order valence-electron chi connectivity index (χ2n) is 6.82. The molecule has 0 saturated carbocycles. The van der Waals surface area contributed by atoms with E-state index in [9.17, 15) is 4.79 Å². The minimum atomic E-state index is -0.239. The zero-order chi connectivity index (χ0) is 19.5. The van der Waals surface area contributed by atoms with Crippen LogP contribution in [-0.2, 0) is 11.3 Å². The van der Waals surface area contributed by atoms with Gasteiger partial charge in [-0.15, -0.1) is 10.2 Å². The summed E-state index contributed by atoms with van der Waals surface area (Å²) in [5.74, 6) is 0.298. The highest BCUT2D eigenvalue weighted by molar-refractivity contribution is 5.83. The molecule has 4 rings (SSSR count).